The number of Topliss-reactive ketones (excluding diaryl/α,β-unsaturated/α-hetero) is 1. The number of hydrogen-bond donors (Lipinski definition) is 0. The average Bonchev–Trinajstić information content (AvgIpc) is 2.25. The van der Waals surface area contributed by atoms with Crippen LogP contribution in [0, 0.1) is 5.92 Å². The standard InChI is InChI=1S/C14H23NO3/c1-10(2)12(16)11-7-6-8-15(9-11)13(17)18-14(3,4)5/h11H,1,6-9H2,2-5H3/t11-/m0/s1. The third-order valence-electron chi connectivity index (χ3n) is 2.86. The van der Waals surface area contributed by atoms with Crippen LogP contribution in [-0.2, 0) is 9.53 Å². The minimum Gasteiger partial charge on any atom is -0.444 e. The van der Waals surface area contributed by atoms with Gasteiger partial charge in [0, 0.05) is 19.0 Å². The first-order valence-corrected chi connectivity index (χ1v) is 6.38. The summed E-state index contributed by atoms with van der Waals surface area (Å²) in [5, 5.41) is 0. The largest absolute Gasteiger partial charge is 0.444 e. The minimum absolute atomic E-state index is 0.0586. The van der Waals surface area contributed by atoms with E-state index in [1.54, 1.807) is 11.8 Å². The van der Waals surface area contributed by atoms with E-state index in [4.69, 9.17) is 4.74 Å². The van der Waals surface area contributed by atoms with Crippen molar-refractivity contribution in [3.8, 4) is 0 Å². The van der Waals surface area contributed by atoms with E-state index in [2.05, 4.69) is 6.58 Å². The molecule has 1 rings (SSSR count). The number of carbonyl (C=O) groups is 2. The molecular formula is C14H23NO3. The molecule has 0 aromatic heterocycles. The maximum Gasteiger partial charge on any atom is 0.410 e. The Balaban J connectivity index is 2.61. The van der Waals surface area contributed by atoms with E-state index in [1.807, 2.05) is 20.8 Å². The molecule has 1 amide bonds. The summed E-state index contributed by atoms with van der Waals surface area (Å²) in [5.41, 5.74) is 0.0635. The van der Waals surface area contributed by atoms with Crippen molar-refractivity contribution in [1.82, 2.24) is 4.90 Å². The van der Waals surface area contributed by atoms with Crippen molar-refractivity contribution < 1.29 is 14.3 Å². The summed E-state index contributed by atoms with van der Waals surface area (Å²) in [6.45, 7) is 12.0. The van der Waals surface area contributed by atoms with Crippen molar-refractivity contribution >= 4 is 11.9 Å². The zero-order valence-electron chi connectivity index (χ0n) is 11.8. The molecule has 0 unspecified atom stereocenters. The highest BCUT2D eigenvalue weighted by molar-refractivity contribution is 5.96. The number of nitrogens with zero attached hydrogens (tertiary/aromatic N) is 1. The lowest BCUT2D eigenvalue weighted by Gasteiger charge is -2.33. The molecule has 0 saturated carbocycles. The van der Waals surface area contributed by atoms with E-state index in [0.717, 1.165) is 12.8 Å². The SMILES string of the molecule is C=C(C)C(=O)[C@H]1CCCN(C(=O)OC(C)(C)C)C1. The normalized spacial score (nSPS) is 20.4. The van der Waals surface area contributed by atoms with Gasteiger partial charge in [-0.15, -0.1) is 0 Å². The van der Waals surface area contributed by atoms with Crippen LogP contribution in [0.1, 0.15) is 40.5 Å². The second kappa shape index (κ2) is 5.55. The fraction of sp³-hybridized carbons (Fsp3) is 0.714. The fourth-order valence-electron chi connectivity index (χ4n) is 2.03. The Morgan fingerprint density at radius 2 is 1.94 bits per heavy atom. The summed E-state index contributed by atoms with van der Waals surface area (Å²) < 4.78 is 5.32. The topological polar surface area (TPSA) is 46.6 Å². The van der Waals surface area contributed by atoms with Gasteiger partial charge >= 0.3 is 6.09 Å². The Bertz CT molecular complexity index is 355. The maximum atomic E-state index is 11.9. The van der Waals surface area contributed by atoms with Gasteiger partial charge in [0.25, 0.3) is 0 Å². The van der Waals surface area contributed by atoms with Crippen molar-refractivity contribution in [2.45, 2.75) is 46.1 Å². The van der Waals surface area contributed by atoms with Gasteiger partial charge in [0.2, 0.25) is 0 Å². The Morgan fingerprint density at radius 3 is 2.44 bits per heavy atom. The van der Waals surface area contributed by atoms with Crippen molar-refractivity contribution in [3.63, 3.8) is 0 Å². The molecule has 1 atom stereocenters. The third-order valence-corrected chi connectivity index (χ3v) is 2.86. The molecule has 1 heterocycles. The quantitative estimate of drug-likeness (QED) is 0.711. The van der Waals surface area contributed by atoms with Crippen molar-refractivity contribution in [3.05, 3.63) is 12.2 Å². The van der Waals surface area contributed by atoms with Crippen molar-refractivity contribution in [1.29, 1.82) is 0 Å². The molecule has 0 spiro atoms. The van der Waals surface area contributed by atoms with Gasteiger partial charge in [-0.1, -0.05) is 6.58 Å². The highest BCUT2D eigenvalue weighted by Crippen LogP contribution is 2.21. The Kier molecular flexibility index (Phi) is 4.54. The Morgan fingerprint density at radius 1 is 1.33 bits per heavy atom. The maximum absolute atomic E-state index is 11.9. The van der Waals surface area contributed by atoms with Crippen LogP contribution in [0.15, 0.2) is 12.2 Å². The predicted molar refractivity (Wildman–Crippen MR) is 70.4 cm³/mol. The molecule has 0 aromatic rings. The number of rotatable bonds is 2. The van der Waals surface area contributed by atoms with Gasteiger partial charge < -0.3 is 9.64 Å². The second-order valence-electron chi connectivity index (χ2n) is 5.91. The molecule has 0 radical (unpaired) electrons. The van der Waals surface area contributed by atoms with E-state index in [1.165, 1.54) is 0 Å². The number of ketones is 1. The molecule has 0 bridgehead atoms. The predicted octanol–water partition coefficient (Wildman–Crippen LogP) is 2.78. The average molecular weight is 253 g/mol. The molecule has 1 aliphatic rings. The number of hydrogen-bond acceptors (Lipinski definition) is 3. The summed E-state index contributed by atoms with van der Waals surface area (Å²) in [5.74, 6) is -0.0629. The second-order valence-corrected chi connectivity index (χ2v) is 5.91. The first-order valence-electron chi connectivity index (χ1n) is 6.38. The van der Waals surface area contributed by atoms with E-state index >= 15 is 0 Å². The highest BCUT2D eigenvalue weighted by Gasteiger charge is 2.30. The Hall–Kier alpha value is -1.32. The Labute approximate surface area is 109 Å². The zero-order chi connectivity index (χ0) is 13.9. The molecule has 1 saturated heterocycles. The number of amides is 1. The summed E-state index contributed by atoms with van der Waals surface area (Å²) in [6.07, 6.45) is 1.33. The molecule has 0 aromatic carbocycles. The number of piperidine rings is 1. The fourth-order valence-corrected chi connectivity index (χ4v) is 2.03. The molecule has 4 heteroatoms. The van der Waals surface area contributed by atoms with Gasteiger partial charge in [-0.3, -0.25) is 4.79 Å². The number of carbonyl (C=O) groups excluding carboxylic acids is 2. The lowest BCUT2D eigenvalue weighted by molar-refractivity contribution is -0.120. The van der Waals surface area contributed by atoms with Crippen molar-refractivity contribution in [2.24, 2.45) is 5.92 Å². The summed E-state index contributed by atoms with van der Waals surface area (Å²) >= 11 is 0. The molecule has 0 aliphatic carbocycles. The molecule has 1 fully saturated rings. The van der Waals surface area contributed by atoms with Gasteiger partial charge in [-0.2, -0.15) is 0 Å². The van der Waals surface area contributed by atoms with Crippen LogP contribution in [0.5, 0.6) is 0 Å². The summed E-state index contributed by atoms with van der Waals surface area (Å²) in [4.78, 5) is 25.4. The first-order chi connectivity index (χ1) is 8.20. The summed E-state index contributed by atoms with van der Waals surface area (Å²) in [6, 6.07) is 0. The monoisotopic (exact) mass is 253 g/mol. The van der Waals surface area contributed by atoms with Crippen LogP contribution in [0.4, 0.5) is 4.79 Å². The molecule has 4 nitrogen and oxygen atoms in total. The van der Waals surface area contributed by atoms with E-state index in [0.29, 0.717) is 18.7 Å². The van der Waals surface area contributed by atoms with Gasteiger partial charge in [-0.05, 0) is 46.1 Å². The van der Waals surface area contributed by atoms with Crippen LogP contribution in [0.3, 0.4) is 0 Å². The van der Waals surface area contributed by atoms with Gasteiger partial charge in [0.05, 0.1) is 0 Å². The smallest absolute Gasteiger partial charge is 0.410 e. The van der Waals surface area contributed by atoms with Gasteiger partial charge in [0.1, 0.15) is 5.60 Å². The van der Waals surface area contributed by atoms with Crippen LogP contribution >= 0.6 is 0 Å². The van der Waals surface area contributed by atoms with Crippen LogP contribution in [0.2, 0.25) is 0 Å². The van der Waals surface area contributed by atoms with E-state index < -0.39 is 5.60 Å². The molecular weight excluding hydrogens is 230 g/mol. The summed E-state index contributed by atoms with van der Waals surface area (Å²) in [7, 11) is 0. The van der Waals surface area contributed by atoms with E-state index in [9.17, 15) is 9.59 Å². The van der Waals surface area contributed by atoms with Gasteiger partial charge in [0.15, 0.2) is 5.78 Å². The van der Waals surface area contributed by atoms with Crippen LogP contribution in [-0.4, -0.2) is 35.5 Å². The van der Waals surface area contributed by atoms with Crippen LogP contribution in [0.25, 0.3) is 0 Å². The molecule has 0 N–H and O–H groups in total. The molecule has 1 aliphatic heterocycles. The first kappa shape index (κ1) is 14.7. The van der Waals surface area contributed by atoms with Crippen molar-refractivity contribution in [2.75, 3.05) is 13.1 Å². The third kappa shape index (κ3) is 4.17. The number of likely N-dealkylation sites (tertiary alicyclic amines) is 1. The number of allylic oxidation sites excluding steroid dienone is 1. The van der Waals surface area contributed by atoms with E-state index in [-0.39, 0.29) is 17.8 Å². The van der Waals surface area contributed by atoms with Gasteiger partial charge in [-0.25, -0.2) is 4.79 Å². The zero-order valence-corrected chi connectivity index (χ0v) is 11.8. The van der Waals surface area contributed by atoms with Crippen LogP contribution < -0.4 is 0 Å². The number of ether oxygens (including phenoxy) is 1. The molecule has 102 valence electrons. The lowest BCUT2D eigenvalue weighted by Crippen LogP contribution is -2.44. The highest BCUT2D eigenvalue weighted by atomic mass is 16.6. The lowest BCUT2D eigenvalue weighted by atomic mass is 9.91. The molecule has 18 heavy (non-hydrogen) atoms. The minimum atomic E-state index is -0.498.